The van der Waals surface area contributed by atoms with Crippen LogP contribution >= 0.6 is 11.6 Å². The van der Waals surface area contributed by atoms with Crippen LogP contribution in [0.2, 0.25) is 5.02 Å². The molecule has 8 heteroatoms. The number of furan rings is 1. The molecule has 20 heavy (non-hydrogen) atoms. The molecule has 1 N–H and O–H groups in total. The molecule has 0 saturated carbocycles. The summed E-state index contributed by atoms with van der Waals surface area (Å²) in [4.78, 5) is 10.7. The number of rotatable bonds is 4. The van der Waals surface area contributed by atoms with Crippen molar-refractivity contribution in [3.63, 3.8) is 0 Å². The highest BCUT2D eigenvalue weighted by molar-refractivity contribution is 7.90. The summed E-state index contributed by atoms with van der Waals surface area (Å²) in [6.07, 6.45) is 1.09. The second-order valence-electron chi connectivity index (χ2n) is 3.90. The number of sulfone groups is 1. The van der Waals surface area contributed by atoms with Crippen molar-refractivity contribution in [3.8, 4) is 0 Å². The van der Waals surface area contributed by atoms with Crippen LogP contribution in [-0.4, -0.2) is 19.5 Å². The Bertz CT molecular complexity index is 766. The molecule has 0 fully saturated rings. The standard InChI is InChI=1S/C12H8ClFO5S/c13-9-5-7(1-2-10(9)14)20(17,18)6-11-8(12(15)16)3-4-19-11/h1-5H,6H2,(H,15,16). The summed E-state index contributed by atoms with van der Waals surface area (Å²) in [6.45, 7) is 0. The molecule has 2 aromatic rings. The summed E-state index contributed by atoms with van der Waals surface area (Å²) in [5.74, 6) is -2.88. The van der Waals surface area contributed by atoms with Crippen molar-refractivity contribution in [2.24, 2.45) is 0 Å². The van der Waals surface area contributed by atoms with Gasteiger partial charge >= 0.3 is 5.97 Å². The smallest absolute Gasteiger partial charge is 0.339 e. The third kappa shape index (κ3) is 2.83. The van der Waals surface area contributed by atoms with Crippen molar-refractivity contribution in [1.29, 1.82) is 0 Å². The molecule has 106 valence electrons. The largest absolute Gasteiger partial charge is 0.478 e. The molecule has 1 aromatic carbocycles. The van der Waals surface area contributed by atoms with Crippen LogP contribution in [0.4, 0.5) is 4.39 Å². The fraction of sp³-hybridized carbons (Fsp3) is 0.0833. The van der Waals surface area contributed by atoms with E-state index in [1.54, 1.807) is 0 Å². The number of hydrogen-bond donors (Lipinski definition) is 1. The van der Waals surface area contributed by atoms with Gasteiger partial charge in [0, 0.05) is 0 Å². The molecule has 0 amide bonds. The lowest BCUT2D eigenvalue weighted by Gasteiger charge is -2.04. The van der Waals surface area contributed by atoms with Gasteiger partial charge in [0.15, 0.2) is 9.84 Å². The molecular weight excluding hydrogens is 311 g/mol. The second-order valence-corrected chi connectivity index (χ2v) is 6.29. The second kappa shape index (κ2) is 5.26. The van der Waals surface area contributed by atoms with Crippen molar-refractivity contribution in [1.82, 2.24) is 0 Å². The summed E-state index contributed by atoms with van der Waals surface area (Å²) in [7, 11) is -3.89. The lowest BCUT2D eigenvalue weighted by atomic mass is 10.3. The number of aromatic carboxylic acids is 1. The Morgan fingerprint density at radius 3 is 2.65 bits per heavy atom. The zero-order valence-corrected chi connectivity index (χ0v) is 11.4. The van der Waals surface area contributed by atoms with E-state index < -0.39 is 27.4 Å². The molecule has 0 radical (unpaired) electrons. The molecule has 0 aliphatic carbocycles. The van der Waals surface area contributed by atoms with Crippen molar-refractivity contribution >= 4 is 27.4 Å². The summed E-state index contributed by atoms with van der Waals surface area (Å²) < 4.78 is 42.1. The predicted molar refractivity (Wildman–Crippen MR) is 68.0 cm³/mol. The van der Waals surface area contributed by atoms with Gasteiger partial charge in [-0.05, 0) is 24.3 Å². The fourth-order valence-electron chi connectivity index (χ4n) is 1.57. The van der Waals surface area contributed by atoms with Crippen LogP contribution in [0.25, 0.3) is 0 Å². The molecule has 1 heterocycles. The summed E-state index contributed by atoms with van der Waals surface area (Å²) in [6, 6.07) is 4.11. The molecular formula is C12H8ClFO5S. The predicted octanol–water partition coefficient (Wildman–Crippen LogP) is 2.74. The van der Waals surface area contributed by atoms with Crippen LogP contribution in [-0.2, 0) is 15.6 Å². The molecule has 5 nitrogen and oxygen atoms in total. The van der Waals surface area contributed by atoms with Crippen molar-refractivity contribution in [2.45, 2.75) is 10.6 Å². The molecule has 0 saturated heterocycles. The van der Waals surface area contributed by atoms with Gasteiger partial charge in [0.05, 0.1) is 16.2 Å². The van der Waals surface area contributed by atoms with E-state index in [-0.39, 0.29) is 21.2 Å². The first kappa shape index (κ1) is 14.5. The number of carboxylic acids is 1. The first-order valence-electron chi connectivity index (χ1n) is 5.29. The van der Waals surface area contributed by atoms with Crippen LogP contribution in [0.15, 0.2) is 39.8 Å². The highest BCUT2D eigenvalue weighted by Crippen LogP contribution is 2.24. The molecule has 0 bridgehead atoms. The van der Waals surface area contributed by atoms with Crippen LogP contribution in [0.5, 0.6) is 0 Å². The topological polar surface area (TPSA) is 84.6 Å². The van der Waals surface area contributed by atoms with E-state index in [4.69, 9.17) is 21.1 Å². The average Bonchev–Trinajstić information content (AvgIpc) is 2.80. The molecule has 1 aromatic heterocycles. The van der Waals surface area contributed by atoms with E-state index >= 15 is 0 Å². The van der Waals surface area contributed by atoms with Gasteiger partial charge in [-0.2, -0.15) is 0 Å². The van der Waals surface area contributed by atoms with Gasteiger partial charge in [-0.25, -0.2) is 17.6 Å². The Hall–Kier alpha value is -1.86. The van der Waals surface area contributed by atoms with E-state index in [2.05, 4.69) is 0 Å². The SMILES string of the molecule is O=C(O)c1ccoc1CS(=O)(=O)c1ccc(F)c(Cl)c1. The third-order valence-corrected chi connectivity index (χ3v) is 4.45. The van der Waals surface area contributed by atoms with Crippen molar-refractivity contribution in [2.75, 3.05) is 0 Å². The number of halogens is 2. The Morgan fingerprint density at radius 2 is 2.05 bits per heavy atom. The zero-order valence-electron chi connectivity index (χ0n) is 9.84. The number of carboxylic acid groups (broad SMARTS) is 1. The third-order valence-electron chi connectivity index (χ3n) is 2.55. The van der Waals surface area contributed by atoms with Gasteiger partial charge in [-0.1, -0.05) is 11.6 Å². The molecule has 0 spiro atoms. The summed E-state index contributed by atoms with van der Waals surface area (Å²) in [5, 5.41) is 8.55. The van der Waals surface area contributed by atoms with Gasteiger partial charge in [0.1, 0.15) is 22.9 Å². The van der Waals surface area contributed by atoms with Crippen LogP contribution in [0, 0.1) is 5.82 Å². The minimum atomic E-state index is -3.89. The van der Waals surface area contributed by atoms with Gasteiger partial charge < -0.3 is 9.52 Å². The lowest BCUT2D eigenvalue weighted by Crippen LogP contribution is -2.08. The minimum Gasteiger partial charge on any atom is -0.478 e. The van der Waals surface area contributed by atoms with Crippen LogP contribution < -0.4 is 0 Å². The van der Waals surface area contributed by atoms with Gasteiger partial charge in [-0.3, -0.25) is 0 Å². The van der Waals surface area contributed by atoms with E-state index in [0.717, 1.165) is 30.5 Å². The first-order chi connectivity index (χ1) is 9.31. The van der Waals surface area contributed by atoms with Crippen molar-refractivity contribution in [3.05, 3.63) is 52.7 Å². The Labute approximate surface area is 118 Å². The number of carbonyl (C=O) groups is 1. The Balaban J connectivity index is 2.38. The first-order valence-corrected chi connectivity index (χ1v) is 7.32. The summed E-state index contributed by atoms with van der Waals surface area (Å²) >= 11 is 5.53. The maximum absolute atomic E-state index is 13.0. The maximum Gasteiger partial charge on any atom is 0.339 e. The highest BCUT2D eigenvalue weighted by atomic mass is 35.5. The lowest BCUT2D eigenvalue weighted by molar-refractivity contribution is 0.0695. The van der Waals surface area contributed by atoms with Crippen molar-refractivity contribution < 1.29 is 27.1 Å². The fourth-order valence-corrected chi connectivity index (χ4v) is 3.12. The van der Waals surface area contributed by atoms with Crippen LogP contribution in [0.1, 0.15) is 16.1 Å². The maximum atomic E-state index is 13.0. The monoisotopic (exact) mass is 318 g/mol. The molecule has 2 rings (SSSR count). The Morgan fingerprint density at radius 1 is 1.35 bits per heavy atom. The highest BCUT2D eigenvalue weighted by Gasteiger charge is 2.23. The number of hydrogen-bond acceptors (Lipinski definition) is 4. The van der Waals surface area contributed by atoms with E-state index in [0.29, 0.717) is 0 Å². The summed E-state index contributed by atoms with van der Waals surface area (Å²) in [5.41, 5.74) is -0.234. The quantitative estimate of drug-likeness (QED) is 0.876. The van der Waals surface area contributed by atoms with E-state index in [1.807, 2.05) is 0 Å². The van der Waals surface area contributed by atoms with E-state index in [1.165, 1.54) is 0 Å². The van der Waals surface area contributed by atoms with Gasteiger partial charge in [-0.15, -0.1) is 0 Å². The molecule has 0 aliphatic rings. The van der Waals surface area contributed by atoms with Crippen LogP contribution in [0.3, 0.4) is 0 Å². The van der Waals surface area contributed by atoms with E-state index in [9.17, 15) is 17.6 Å². The normalized spacial score (nSPS) is 11.5. The van der Waals surface area contributed by atoms with Gasteiger partial charge in [0.25, 0.3) is 0 Å². The molecule has 0 aliphatic heterocycles. The number of benzene rings is 1. The molecule has 0 atom stereocenters. The molecule has 0 unspecified atom stereocenters. The Kier molecular flexibility index (Phi) is 3.82. The zero-order chi connectivity index (χ0) is 14.9. The average molecular weight is 319 g/mol. The minimum absolute atomic E-state index is 0.196. The van der Waals surface area contributed by atoms with Gasteiger partial charge in [0.2, 0.25) is 0 Å².